The van der Waals surface area contributed by atoms with Crippen LogP contribution < -0.4 is 0 Å². The predicted octanol–water partition coefficient (Wildman–Crippen LogP) is 8.86. The van der Waals surface area contributed by atoms with E-state index >= 15 is 0 Å². The minimum atomic E-state index is 0.455. The van der Waals surface area contributed by atoms with Crippen molar-refractivity contribution in [2.24, 2.45) is 11.8 Å². The molecule has 0 bridgehead atoms. The lowest BCUT2D eigenvalue weighted by Crippen LogP contribution is -2.08. The van der Waals surface area contributed by atoms with Gasteiger partial charge in [-0.2, -0.15) is 22.8 Å². The first-order valence-electron chi connectivity index (χ1n) is 12.9. The Balaban J connectivity index is 0.000000192. The van der Waals surface area contributed by atoms with E-state index in [1.165, 1.54) is 74.9 Å². The van der Waals surface area contributed by atoms with E-state index in [-0.39, 0.29) is 0 Å². The van der Waals surface area contributed by atoms with E-state index in [0.717, 1.165) is 22.1 Å². The van der Waals surface area contributed by atoms with Gasteiger partial charge < -0.3 is 0 Å². The van der Waals surface area contributed by atoms with Gasteiger partial charge in [-0.25, -0.2) is 0 Å². The van der Waals surface area contributed by atoms with Gasteiger partial charge in [-0.05, 0) is 86.9 Å². The third-order valence-corrected chi connectivity index (χ3v) is 8.51. The maximum absolute atomic E-state index is 4.38. The Kier molecular flexibility index (Phi) is 14.2. The SMILES string of the molecule is CC(C)n1cc(Br)cn1.CC(C)n1cc(SCC2CCCCC2)cn1.SCC1CCCCC1. The van der Waals surface area contributed by atoms with E-state index in [9.17, 15) is 0 Å². The highest BCUT2D eigenvalue weighted by Gasteiger charge is 2.14. The summed E-state index contributed by atoms with van der Waals surface area (Å²) in [6.45, 7) is 8.53. The molecule has 2 saturated carbocycles. The summed E-state index contributed by atoms with van der Waals surface area (Å²) in [6.07, 6.45) is 22.4. The molecule has 0 spiro atoms. The topological polar surface area (TPSA) is 35.6 Å². The van der Waals surface area contributed by atoms with Crippen LogP contribution in [0.25, 0.3) is 0 Å². The number of rotatable bonds is 6. The van der Waals surface area contributed by atoms with E-state index in [4.69, 9.17) is 0 Å². The molecule has 2 aliphatic carbocycles. The van der Waals surface area contributed by atoms with Crippen molar-refractivity contribution >= 4 is 40.3 Å². The Bertz CT molecular complexity index is 747. The van der Waals surface area contributed by atoms with Gasteiger partial charge in [0.25, 0.3) is 0 Å². The van der Waals surface area contributed by atoms with Crippen molar-refractivity contribution in [2.45, 2.75) is 109 Å². The van der Waals surface area contributed by atoms with Gasteiger partial charge in [-0.15, -0.1) is 11.8 Å². The molecule has 0 amide bonds. The molecule has 0 N–H and O–H groups in total. The fourth-order valence-electron chi connectivity index (χ4n) is 4.21. The smallest absolute Gasteiger partial charge is 0.0632 e. The summed E-state index contributed by atoms with van der Waals surface area (Å²) in [5, 5.41) is 8.46. The second-order valence-electron chi connectivity index (χ2n) is 9.98. The summed E-state index contributed by atoms with van der Waals surface area (Å²) < 4.78 is 4.99. The Morgan fingerprint density at radius 3 is 1.76 bits per heavy atom. The molecule has 0 aromatic carbocycles. The molecule has 0 atom stereocenters. The second-order valence-corrected chi connectivity index (χ2v) is 12.4. The highest BCUT2D eigenvalue weighted by molar-refractivity contribution is 9.10. The average Bonchev–Trinajstić information content (AvgIpc) is 3.49. The first kappa shape index (κ1) is 28.8. The van der Waals surface area contributed by atoms with Gasteiger partial charge in [0.2, 0.25) is 0 Å². The van der Waals surface area contributed by atoms with Crippen LogP contribution in [-0.4, -0.2) is 31.1 Å². The second kappa shape index (κ2) is 16.3. The number of aromatic nitrogens is 4. The lowest BCUT2D eigenvalue weighted by molar-refractivity contribution is 0.391. The quantitative estimate of drug-likeness (QED) is 0.285. The van der Waals surface area contributed by atoms with Crippen LogP contribution in [0.4, 0.5) is 0 Å². The van der Waals surface area contributed by atoms with Crippen molar-refractivity contribution in [1.29, 1.82) is 0 Å². The summed E-state index contributed by atoms with van der Waals surface area (Å²) in [4.78, 5) is 1.33. The maximum atomic E-state index is 4.38. The molecule has 0 aliphatic heterocycles. The van der Waals surface area contributed by atoms with Crippen LogP contribution in [0, 0.1) is 11.8 Å². The molecule has 0 radical (unpaired) electrons. The van der Waals surface area contributed by atoms with Crippen LogP contribution in [0.3, 0.4) is 0 Å². The summed E-state index contributed by atoms with van der Waals surface area (Å²) in [7, 11) is 0. The molecule has 2 fully saturated rings. The van der Waals surface area contributed by atoms with Crippen LogP contribution in [0.1, 0.15) is 104 Å². The normalized spacial score (nSPS) is 17.5. The molecule has 33 heavy (non-hydrogen) atoms. The van der Waals surface area contributed by atoms with E-state index in [1.54, 1.807) is 6.20 Å². The van der Waals surface area contributed by atoms with Crippen LogP contribution in [-0.2, 0) is 0 Å². The van der Waals surface area contributed by atoms with Crippen molar-refractivity contribution in [3.05, 3.63) is 29.3 Å². The molecule has 2 aliphatic rings. The summed E-state index contributed by atoms with van der Waals surface area (Å²) >= 11 is 9.56. The zero-order valence-corrected chi connectivity index (χ0v) is 24.4. The molecule has 7 heteroatoms. The van der Waals surface area contributed by atoms with Crippen molar-refractivity contribution in [3.63, 3.8) is 0 Å². The van der Waals surface area contributed by atoms with Crippen molar-refractivity contribution < 1.29 is 0 Å². The maximum Gasteiger partial charge on any atom is 0.0632 e. The molecular formula is C26H45BrN4S2. The molecule has 4 rings (SSSR count). The number of thiol groups is 1. The number of hydrogen-bond acceptors (Lipinski definition) is 4. The van der Waals surface area contributed by atoms with Crippen LogP contribution in [0.2, 0.25) is 0 Å². The Morgan fingerprint density at radius 2 is 1.36 bits per heavy atom. The van der Waals surface area contributed by atoms with Gasteiger partial charge in [0.05, 0.1) is 16.9 Å². The predicted molar refractivity (Wildman–Crippen MR) is 151 cm³/mol. The Hall–Kier alpha value is -0.400. The summed E-state index contributed by atoms with van der Waals surface area (Å²) in [5.41, 5.74) is 0. The zero-order chi connectivity index (χ0) is 24.1. The first-order chi connectivity index (χ1) is 15.9. The molecule has 0 unspecified atom stereocenters. The van der Waals surface area contributed by atoms with Gasteiger partial charge in [0.15, 0.2) is 0 Å². The monoisotopic (exact) mass is 556 g/mol. The first-order valence-corrected chi connectivity index (χ1v) is 15.3. The van der Waals surface area contributed by atoms with Crippen molar-refractivity contribution in [3.8, 4) is 0 Å². The van der Waals surface area contributed by atoms with Gasteiger partial charge in [-0.1, -0.05) is 38.5 Å². The van der Waals surface area contributed by atoms with Gasteiger partial charge in [-0.3, -0.25) is 9.36 Å². The number of hydrogen-bond donors (Lipinski definition) is 1. The minimum Gasteiger partial charge on any atom is -0.269 e. The molecule has 0 saturated heterocycles. The van der Waals surface area contributed by atoms with Crippen LogP contribution >= 0.6 is 40.3 Å². The molecule has 2 heterocycles. The molecule has 4 nitrogen and oxygen atoms in total. The van der Waals surface area contributed by atoms with E-state index in [0.29, 0.717) is 12.1 Å². The third-order valence-electron chi connectivity index (χ3n) is 6.40. The van der Waals surface area contributed by atoms with Gasteiger partial charge >= 0.3 is 0 Å². The standard InChI is InChI=1S/C13H22N2S.C7H14S.C6H9BrN2/c1-11(2)15-9-13(8-14-15)16-10-12-6-4-3-5-7-12;8-6-7-4-2-1-3-5-7;1-5(2)9-4-6(7)3-8-9/h8-9,11-12H,3-7,10H2,1-2H3;7-8H,1-6H2;3-5H,1-2H3. The largest absolute Gasteiger partial charge is 0.269 e. The van der Waals surface area contributed by atoms with E-state index < -0.39 is 0 Å². The van der Waals surface area contributed by atoms with Gasteiger partial charge in [0, 0.05) is 35.1 Å². The van der Waals surface area contributed by atoms with E-state index in [1.807, 2.05) is 33.5 Å². The lowest BCUT2D eigenvalue weighted by atomic mass is 9.91. The van der Waals surface area contributed by atoms with Crippen LogP contribution in [0.5, 0.6) is 0 Å². The third kappa shape index (κ3) is 11.7. The molecular weight excluding hydrogens is 512 g/mol. The number of nitrogens with zero attached hydrogens (tertiary/aromatic N) is 4. The van der Waals surface area contributed by atoms with Gasteiger partial charge in [0.1, 0.15) is 0 Å². The Morgan fingerprint density at radius 1 is 0.848 bits per heavy atom. The van der Waals surface area contributed by atoms with Crippen LogP contribution in [0.15, 0.2) is 34.2 Å². The highest BCUT2D eigenvalue weighted by atomic mass is 79.9. The zero-order valence-electron chi connectivity index (χ0n) is 21.1. The number of thioether (sulfide) groups is 1. The average molecular weight is 558 g/mol. The minimum absolute atomic E-state index is 0.455. The molecule has 2 aromatic heterocycles. The van der Waals surface area contributed by atoms with E-state index in [2.05, 4.69) is 72.6 Å². The Labute approximate surface area is 220 Å². The highest BCUT2D eigenvalue weighted by Crippen LogP contribution is 2.30. The molecule has 188 valence electrons. The fraction of sp³-hybridized carbons (Fsp3) is 0.769. The fourth-order valence-corrected chi connectivity index (χ4v) is 5.94. The molecule has 2 aromatic rings. The lowest BCUT2D eigenvalue weighted by Gasteiger charge is -2.20. The summed E-state index contributed by atoms with van der Waals surface area (Å²) in [6, 6.07) is 0.931. The van der Waals surface area contributed by atoms with Crippen molar-refractivity contribution in [1.82, 2.24) is 19.6 Å². The number of halogens is 1. The summed E-state index contributed by atoms with van der Waals surface area (Å²) in [5.74, 6) is 4.29. The van der Waals surface area contributed by atoms with Crippen molar-refractivity contribution in [2.75, 3.05) is 11.5 Å².